The molecular formula is C17H16N4O3. The molecule has 1 N–H and O–H groups in total. The topological polar surface area (TPSA) is 77.8 Å². The van der Waals surface area contributed by atoms with E-state index in [9.17, 15) is 4.79 Å². The first kappa shape index (κ1) is 14.5. The Morgan fingerprint density at radius 1 is 1.21 bits per heavy atom. The lowest BCUT2D eigenvalue weighted by Gasteiger charge is -2.08. The minimum atomic E-state index is 0.0175. The van der Waals surface area contributed by atoms with Crippen molar-refractivity contribution in [3.05, 3.63) is 42.6 Å². The van der Waals surface area contributed by atoms with E-state index in [4.69, 9.17) is 9.47 Å². The highest BCUT2D eigenvalue weighted by Crippen LogP contribution is 2.31. The molecule has 122 valence electrons. The van der Waals surface area contributed by atoms with Crippen LogP contribution in [0.5, 0.6) is 17.4 Å². The van der Waals surface area contributed by atoms with E-state index in [2.05, 4.69) is 15.4 Å². The van der Waals surface area contributed by atoms with Crippen LogP contribution in [0.3, 0.4) is 0 Å². The van der Waals surface area contributed by atoms with Crippen LogP contribution in [0, 0.1) is 5.92 Å². The Morgan fingerprint density at radius 3 is 2.75 bits per heavy atom. The summed E-state index contributed by atoms with van der Waals surface area (Å²) in [6, 6.07) is 10.9. The maximum Gasteiger partial charge on any atom is 0.237 e. The lowest BCUT2D eigenvalue weighted by molar-refractivity contribution is -0.117. The Bertz CT molecular complexity index is 902. The van der Waals surface area contributed by atoms with Crippen LogP contribution in [0.25, 0.3) is 5.65 Å². The Hall–Kier alpha value is -3.09. The van der Waals surface area contributed by atoms with E-state index in [1.165, 1.54) is 0 Å². The molecule has 4 rings (SSSR count). The molecule has 0 unspecified atom stereocenters. The number of aromatic nitrogens is 3. The number of ether oxygens (including phenoxy) is 2. The second-order valence-electron chi connectivity index (χ2n) is 5.62. The van der Waals surface area contributed by atoms with E-state index in [1.807, 2.05) is 18.2 Å². The summed E-state index contributed by atoms with van der Waals surface area (Å²) in [6.45, 7) is 0. The summed E-state index contributed by atoms with van der Waals surface area (Å²) in [5.74, 6) is 2.26. The van der Waals surface area contributed by atoms with Crippen LogP contribution < -0.4 is 14.8 Å². The summed E-state index contributed by atoms with van der Waals surface area (Å²) < 4.78 is 12.6. The number of carbonyl (C=O) groups excluding carboxylic acids is 1. The van der Waals surface area contributed by atoms with Crippen molar-refractivity contribution in [3.8, 4) is 17.4 Å². The molecule has 7 nitrogen and oxygen atoms in total. The van der Waals surface area contributed by atoms with Gasteiger partial charge in [0.2, 0.25) is 11.8 Å². The third-order valence-electron chi connectivity index (χ3n) is 3.78. The lowest BCUT2D eigenvalue weighted by atomic mass is 10.3. The van der Waals surface area contributed by atoms with Crippen LogP contribution >= 0.6 is 0 Å². The number of nitrogens with zero attached hydrogens (tertiary/aromatic N) is 3. The summed E-state index contributed by atoms with van der Waals surface area (Å²) in [5, 5.41) is 7.17. The predicted octanol–water partition coefficient (Wildman–Crippen LogP) is 2.88. The molecule has 1 fully saturated rings. The van der Waals surface area contributed by atoms with Crippen molar-refractivity contribution in [3.63, 3.8) is 0 Å². The molecule has 0 aliphatic heterocycles. The fraction of sp³-hybridized carbons (Fsp3) is 0.235. The molecule has 2 aromatic heterocycles. The van der Waals surface area contributed by atoms with Gasteiger partial charge >= 0.3 is 0 Å². The van der Waals surface area contributed by atoms with E-state index in [1.54, 1.807) is 36.0 Å². The zero-order valence-corrected chi connectivity index (χ0v) is 13.1. The summed E-state index contributed by atoms with van der Waals surface area (Å²) in [5.41, 5.74) is 0.633. The molecule has 1 aliphatic rings. The highest BCUT2D eigenvalue weighted by molar-refractivity contribution is 5.93. The zero-order valence-electron chi connectivity index (χ0n) is 13.1. The van der Waals surface area contributed by atoms with Crippen LogP contribution in [-0.2, 0) is 4.79 Å². The summed E-state index contributed by atoms with van der Waals surface area (Å²) in [7, 11) is 1.59. The SMILES string of the molecule is COc1ccccc1Oc1ccc2nc(NC(=O)C3CC3)cn2n1. The number of fused-ring (bicyclic) bond motifs is 1. The van der Waals surface area contributed by atoms with Crippen molar-refractivity contribution in [2.45, 2.75) is 12.8 Å². The number of hydrogen-bond donors (Lipinski definition) is 1. The summed E-state index contributed by atoms with van der Waals surface area (Å²) in [4.78, 5) is 16.1. The Labute approximate surface area is 138 Å². The molecule has 24 heavy (non-hydrogen) atoms. The van der Waals surface area contributed by atoms with E-state index in [0.29, 0.717) is 28.8 Å². The van der Waals surface area contributed by atoms with Crippen molar-refractivity contribution in [1.82, 2.24) is 14.6 Å². The minimum Gasteiger partial charge on any atom is -0.493 e. The average molecular weight is 324 g/mol. The number of methoxy groups -OCH3 is 1. The quantitative estimate of drug-likeness (QED) is 0.781. The van der Waals surface area contributed by atoms with Gasteiger partial charge in [0.15, 0.2) is 23.0 Å². The number of para-hydroxylation sites is 2. The van der Waals surface area contributed by atoms with Gasteiger partial charge in [0.1, 0.15) is 0 Å². The number of hydrogen-bond acceptors (Lipinski definition) is 5. The van der Waals surface area contributed by atoms with Gasteiger partial charge in [-0.1, -0.05) is 12.1 Å². The Morgan fingerprint density at radius 2 is 2.00 bits per heavy atom. The standard InChI is InChI=1S/C17H16N4O3/c1-23-12-4-2-3-5-13(12)24-16-9-8-15-18-14(10-21(15)20-16)19-17(22)11-6-7-11/h2-5,8-11H,6-7H2,1H3,(H,19,22). The predicted molar refractivity (Wildman–Crippen MR) is 87.4 cm³/mol. The van der Waals surface area contributed by atoms with Gasteiger partial charge in [-0.3, -0.25) is 4.79 Å². The zero-order chi connectivity index (χ0) is 16.5. The molecule has 1 saturated carbocycles. The molecule has 3 aromatic rings. The number of amides is 1. The van der Waals surface area contributed by atoms with Gasteiger partial charge in [-0.2, -0.15) is 0 Å². The van der Waals surface area contributed by atoms with Gasteiger partial charge in [0.05, 0.1) is 13.3 Å². The van der Waals surface area contributed by atoms with Crippen molar-refractivity contribution in [1.29, 1.82) is 0 Å². The third-order valence-corrected chi connectivity index (χ3v) is 3.78. The number of imidazole rings is 1. The second-order valence-corrected chi connectivity index (χ2v) is 5.62. The van der Waals surface area contributed by atoms with Gasteiger partial charge in [0.25, 0.3) is 0 Å². The van der Waals surface area contributed by atoms with Gasteiger partial charge in [-0.25, -0.2) is 9.50 Å². The number of anilines is 1. The molecule has 1 amide bonds. The van der Waals surface area contributed by atoms with Crippen LogP contribution in [0.15, 0.2) is 42.6 Å². The van der Waals surface area contributed by atoms with E-state index < -0.39 is 0 Å². The Kier molecular flexibility index (Phi) is 3.53. The lowest BCUT2D eigenvalue weighted by Crippen LogP contribution is -2.13. The molecule has 0 radical (unpaired) electrons. The smallest absolute Gasteiger partial charge is 0.237 e. The fourth-order valence-corrected chi connectivity index (χ4v) is 2.37. The second kappa shape index (κ2) is 5.84. The first-order valence-corrected chi connectivity index (χ1v) is 7.71. The maximum absolute atomic E-state index is 11.8. The van der Waals surface area contributed by atoms with Gasteiger partial charge in [-0.15, -0.1) is 5.10 Å². The molecule has 0 atom stereocenters. The minimum absolute atomic E-state index is 0.0175. The van der Waals surface area contributed by atoms with Crippen molar-refractivity contribution < 1.29 is 14.3 Å². The van der Waals surface area contributed by atoms with Crippen molar-refractivity contribution in [2.75, 3.05) is 12.4 Å². The maximum atomic E-state index is 11.8. The summed E-state index contributed by atoms with van der Waals surface area (Å²) >= 11 is 0. The number of benzene rings is 1. The van der Waals surface area contributed by atoms with Gasteiger partial charge in [0, 0.05) is 12.0 Å². The van der Waals surface area contributed by atoms with E-state index in [-0.39, 0.29) is 11.8 Å². The summed E-state index contributed by atoms with van der Waals surface area (Å²) in [6.07, 6.45) is 3.58. The Balaban J connectivity index is 1.57. The highest BCUT2D eigenvalue weighted by atomic mass is 16.5. The van der Waals surface area contributed by atoms with Crippen LogP contribution in [0.1, 0.15) is 12.8 Å². The van der Waals surface area contributed by atoms with Crippen molar-refractivity contribution in [2.24, 2.45) is 5.92 Å². The third kappa shape index (κ3) is 2.88. The monoisotopic (exact) mass is 324 g/mol. The van der Waals surface area contributed by atoms with E-state index in [0.717, 1.165) is 12.8 Å². The normalized spacial score (nSPS) is 13.7. The van der Waals surface area contributed by atoms with Crippen LogP contribution in [-0.4, -0.2) is 27.6 Å². The molecular weight excluding hydrogens is 308 g/mol. The first-order chi connectivity index (χ1) is 11.7. The van der Waals surface area contributed by atoms with Crippen LogP contribution in [0.4, 0.5) is 5.82 Å². The van der Waals surface area contributed by atoms with Crippen molar-refractivity contribution >= 4 is 17.4 Å². The molecule has 0 saturated heterocycles. The molecule has 7 heteroatoms. The highest BCUT2D eigenvalue weighted by Gasteiger charge is 2.30. The van der Waals surface area contributed by atoms with Gasteiger partial charge < -0.3 is 14.8 Å². The average Bonchev–Trinajstić information content (AvgIpc) is 3.36. The fourth-order valence-electron chi connectivity index (χ4n) is 2.37. The van der Waals surface area contributed by atoms with Crippen LogP contribution in [0.2, 0.25) is 0 Å². The number of rotatable bonds is 5. The molecule has 1 aliphatic carbocycles. The van der Waals surface area contributed by atoms with Gasteiger partial charge in [-0.05, 0) is 31.0 Å². The largest absolute Gasteiger partial charge is 0.493 e. The molecule has 2 heterocycles. The molecule has 1 aromatic carbocycles. The first-order valence-electron chi connectivity index (χ1n) is 7.71. The molecule has 0 bridgehead atoms. The molecule has 0 spiro atoms. The number of nitrogens with one attached hydrogen (secondary N) is 1. The number of carbonyl (C=O) groups is 1. The van der Waals surface area contributed by atoms with E-state index >= 15 is 0 Å².